The molecular weight excluding hydrogens is 260 g/mol. The summed E-state index contributed by atoms with van der Waals surface area (Å²) < 4.78 is 11.4. The Labute approximate surface area is 97.1 Å². The summed E-state index contributed by atoms with van der Waals surface area (Å²) in [6.45, 7) is 5.69. The molecule has 1 aliphatic rings. The first-order chi connectivity index (χ1) is 6.91. The Morgan fingerprint density at radius 1 is 1.40 bits per heavy atom. The summed E-state index contributed by atoms with van der Waals surface area (Å²) in [6, 6.07) is 1.89. The number of aliphatic hydroxyl groups is 1. The van der Waals surface area contributed by atoms with E-state index in [1.54, 1.807) is 13.8 Å². The lowest BCUT2D eigenvalue weighted by Gasteiger charge is -2.22. The second kappa shape index (κ2) is 3.39. The molecule has 82 valence electrons. The second-order valence-electron chi connectivity index (χ2n) is 4.18. The Hall–Kier alpha value is -0.740. The van der Waals surface area contributed by atoms with Gasteiger partial charge in [0.1, 0.15) is 0 Å². The molecule has 0 aliphatic carbocycles. The molecule has 2 rings (SSSR count). The minimum Gasteiger partial charge on any atom is -0.454 e. The van der Waals surface area contributed by atoms with Gasteiger partial charge in [-0.05, 0) is 48.3 Å². The van der Waals surface area contributed by atoms with Crippen LogP contribution in [0.2, 0.25) is 0 Å². The van der Waals surface area contributed by atoms with E-state index in [0.717, 1.165) is 21.3 Å². The van der Waals surface area contributed by atoms with Crippen molar-refractivity contribution in [2.45, 2.75) is 26.4 Å². The molecular formula is C11H13BrO3. The van der Waals surface area contributed by atoms with Crippen LogP contribution in [0.1, 0.15) is 25.0 Å². The molecule has 0 aromatic heterocycles. The van der Waals surface area contributed by atoms with Crippen LogP contribution in [0.5, 0.6) is 11.5 Å². The van der Waals surface area contributed by atoms with E-state index in [4.69, 9.17) is 9.47 Å². The van der Waals surface area contributed by atoms with Crippen LogP contribution in [0.4, 0.5) is 0 Å². The van der Waals surface area contributed by atoms with Gasteiger partial charge in [-0.15, -0.1) is 0 Å². The van der Waals surface area contributed by atoms with E-state index in [2.05, 4.69) is 15.9 Å². The zero-order valence-electron chi connectivity index (χ0n) is 8.93. The summed E-state index contributed by atoms with van der Waals surface area (Å²) in [6.07, 6.45) is 0. The molecule has 1 aromatic carbocycles. The highest BCUT2D eigenvalue weighted by atomic mass is 79.9. The van der Waals surface area contributed by atoms with Crippen LogP contribution in [0.15, 0.2) is 10.5 Å². The molecule has 0 radical (unpaired) electrons. The van der Waals surface area contributed by atoms with Gasteiger partial charge in [0.25, 0.3) is 0 Å². The average Bonchev–Trinajstić information content (AvgIpc) is 2.48. The number of hydrogen-bond acceptors (Lipinski definition) is 3. The van der Waals surface area contributed by atoms with Crippen molar-refractivity contribution in [2.75, 3.05) is 6.79 Å². The van der Waals surface area contributed by atoms with Crippen LogP contribution >= 0.6 is 15.9 Å². The molecule has 0 unspecified atom stereocenters. The van der Waals surface area contributed by atoms with E-state index in [9.17, 15) is 5.11 Å². The zero-order chi connectivity index (χ0) is 11.2. The molecule has 0 saturated heterocycles. The van der Waals surface area contributed by atoms with Crippen LogP contribution in [0.3, 0.4) is 0 Å². The highest BCUT2D eigenvalue weighted by Crippen LogP contribution is 2.45. The molecule has 0 fully saturated rings. The van der Waals surface area contributed by atoms with E-state index in [1.807, 2.05) is 13.0 Å². The lowest BCUT2D eigenvalue weighted by molar-refractivity contribution is 0.0768. The predicted molar refractivity (Wildman–Crippen MR) is 60.2 cm³/mol. The number of fused-ring (bicyclic) bond motifs is 1. The summed E-state index contributed by atoms with van der Waals surface area (Å²) in [5, 5.41) is 10.1. The third-order valence-corrected chi connectivity index (χ3v) is 3.17. The average molecular weight is 273 g/mol. The molecule has 1 heterocycles. The first-order valence-corrected chi connectivity index (χ1v) is 5.52. The van der Waals surface area contributed by atoms with Crippen molar-refractivity contribution >= 4 is 15.9 Å². The number of rotatable bonds is 1. The highest BCUT2D eigenvalue weighted by Gasteiger charge is 2.28. The fraction of sp³-hybridized carbons (Fsp3) is 0.455. The normalized spacial score (nSPS) is 14.5. The standard InChI is InChI=1S/C11H13BrO3/c1-6-4-7-10(15-5-14-7)9(12)8(6)11(2,3)13/h4,13H,5H2,1-3H3. The van der Waals surface area contributed by atoms with Crippen molar-refractivity contribution in [1.29, 1.82) is 0 Å². The highest BCUT2D eigenvalue weighted by molar-refractivity contribution is 9.10. The van der Waals surface area contributed by atoms with Gasteiger partial charge in [-0.3, -0.25) is 0 Å². The molecule has 1 N–H and O–H groups in total. The van der Waals surface area contributed by atoms with Gasteiger partial charge in [0.05, 0.1) is 10.1 Å². The maximum absolute atomic E-state index is 10.1. The Kier molecular flexibility index (Phi) is 2.43. The molecule has 1 aromatic rings. The van der Waals surface area contributed by atoms with Gasteiger partial charge in [-0.2, -0.15) is 0 Å². The summed E-state index contributed by atoms with van der Waals surface area (Å²) >= 11 is 3.45. The number of aryl methyl sites for hydroxylation is 1. The van der Waals surface area contributed by atoms with E-state index in [-0.39, 0.29) is 6.79 Å². The summed E-state index contributed by atoms with van der Waals surface area (Å²) in [5.41, 5.74) is 0.926. The number of halogens is 1. The summed E-state index contributed by atoms with van der Waals surface area (Å²) in [7, 11) is 0. The number of benzene rings is 1. The Morgan fingerprint density at radius 2 is 2.07 bits per heavy atom. The lowest BCUT2D eigenvalue weighted by atomic mass is 9.93. The first-order valence-electron chi connectivity index (χ1n) is 4.73. The molecule has 0 bridgehead atoms. The molecule has 15 heavy (non-hydrogen) atoms. The third kappa shape index (κ3) is 1.72. The van der Waals surface area contributed by atoms with Gasteiger partial charge in [0.15, 0.2) is 11.5 Å². The fourth-order valence-electron chi connectivity index (χ4n) is 1.87. The molecule has 1 aliphatic heterocycles. The van der Waals surface area contributed by atoms with E-state index in [0.29, 0.717) is 5.75 Å². The Bertz CT molecular complexity index is 407. The molecule has 3 nitrogen and oxygen atoms in total. The molecule has 0 saturated carbocycles. The Balaban J connectivity index is 2.67. The van der Waals surface area contributed by atoms with E-state index < -0.39 is 5.60 Å². The van der Waals surface area contributed by atoms with Crippen LogP contribution in [-0.2, 0) is 5.60 Å². The van der Waals surface area contributed by atoms with Crippen molar-refractivity contribution in [1.82, 2.24) is 0 Å². The van der Waals surface area contributed by atoms with E-state index >= 15 is 0 Å². The smallest absolute Gasteiger partial charge is 0.231 e. The molecule has 4 heteroatoms. The van der Waals surface area contributed by atoms with Crippen LogP contribution < -0.4 is 9.47 Å². The predicted octanol–water partition coefficient (Wildman–Crippen LogP) is 2.71. The van der Waals surface area contributed by atoms with Gasteiger partial charge < -0.3 is 14.6 Å². The topological polar surface area (TPSA) is 38.7 Å². The van der Waals surface area contributed by atoms with E-state index in [1.165, 1.54) is 0 Å². The second-order valence-corrected chi connectivity index (χ2v) is 4.97. The Morgan fingerprint density at radius 3 is 2.67 bits per heavy atom. The zero-order valence-corrected chi connectivity index (χ0v) is 10.5. The van der Waals surface area contributed by atoms with Crippen LogP contribution in [-0.4, -0.2) is 11.9 Å². The lowest BCUT2D eigenvalue weighted by Crippen LogP contribution is -2.18. The van der Waals surface area contributed by atoms with Crippen LogP contribution in [0, 0.1) is 6.92 Å². The van der Waals surface area contributed by atoms with Crippen molar-refractivity contribution in [2.24, 2.45) is 0 Å². The quantitative estimate of drug-likeness (QED) is 0.855. The molecule has 0 atom stereocenters. The minimum atomic E-state index is -0.899. The van der Waals surface area contributed by atoms with Gasteiger partial charge in [0.2, 0.25) is 6.79 Å². The third-order valence-electron chi connectivity index (χ3n) is 2.41. The van der Waals surface area contributed by atoms with Crippen molar-refractivity contribution in [3.63, 3.8) is 0 Å². The monoisotopic (exact) mass is 272 g/mol. The van der Waals surface area contributed by atoms with Crippen LogP contribution in [0.25, 0.3) is 0 Å². The maximum atomic E-state index is 10.1. The number of ether oxygens (including phenoxy) is 2. The van der Waals surface area contributed by atoms with Gasteiger partial charge in [-0.1, -0.05) is 0 Å². The SMILES string of the molecule is Cc1cc2c(c(Br)c1C(C)(C)O)OCO2. The summed E-state index contributed by atoms with van der Waals surface area (Å²) in [4.78, 5) is 0. The molecule has 0 amide bonds. The van der Waals surface area contributed by atoms with Crippen molar-refractivity contribution in [3.8, 4) is 11.5 Å². The molecule has 0 spiro atoms. The minimum absolute atomic E-state index is 0.239. The fourth-order valence-corrected chi connectivity index (χ4v) is 2.98. The van der Waals surface area contributed by atoms with Gasteiger partial charge in [-0.25, -0.2) is 0 Å². The van der Waals surface area contributed by atoms with Gasteiger partial charge >= 0.3 is 0 Å². The summed E-state index contributed by atoms with van der Waals surface area (Å²) in [5.74, 6) is 1.41. The van der Waals surface area contributed by atoms with Crippen molar-refractivity contribution < 1.29 is 14.6 Å². The van der Waals surface area contributed by atoms with Crippen molar-refractivity contribution in [3.05, 3.63) is 21.7 Å². The largest absolute Gasteiger partial charge is 0.454 e. The maximum Gasteiger partial charge on any atom is 0.231 e. The number of hydrogen-bond donors (Lipinski definition) is 1. The van der Waals surface area contributed by atoms with Gasteiger partial charge in [0, 0.05) is 5.56 Å². The first kappa shape index (κ1) is 10.8.